The van der Waals surface area contributed by atoms with Crippen molar-refractivity contribution in [3.05, 3.63) is 69.8 Å². The van der Waals surface area contributed by atoms with E-state index in [9.17, 15) is 0 Å². The molecule has 1 aliphatic rings. The molecule has 0 aromatic heterocycles. The fraction of sp³-hybridized carbons (Fsp3) is 0.368. The third-order valence-corrected chi connectivity index (χ3v) is 4.77. The summed E-state index contributed by atoms with van der Waals surface area (Å²) < 4.78 is 0. The van der Waals surface area contributed by atoms with Gasteiger partial charge in [-0.15, -0.1) is 0 Å². The Morgan fingerprint density at radius 2 is 1.52 bits per heavy atom. The van der Waals surface area contributed by atoms with Crippen molar-refractivity contribution < 1.29 is 0 Å². The summed E-state index contributed by atoms with van der Waals surface area (Å²) in [6, 6.07) is 13.6. The molecule has 1 aliphatic heterocycles. The summed E-state index contributed by atoms with van der Waals surface area (Å²) in [6.07, 6.45) is 0. The van der Waals surface area contributed by atoms with Crippen LogP contribution < -0.4 is 5.73 Å². The van der Waals surface area contributed by atoms with Gasteiger partial charge in [-0.2, -0.15) is 0 Å². The maximum Gasteiger partial charge on any atom is 0.0480 e. The lowest BCUT2D eigenvalue weighted by Gasteiger charge is -2.28. The molecule has 0 aliphatic carbocycles. The predicted molar refractivity (Wildman–Crippen MR) is 88.1 cm³/mol. The first-order valence-corrected chi connectivity index (χ1v) is 7.68. The Labute approximate surface area is 127 Å². The molecule has 0 bridgehead atoms. The van der Waals surface area contributed by atoms with Gasteiger partial charge in [-0.3, -0.25) is 4.90 Å². The molecule has 2 nitrogen and oxygen atoms in total. The minimum atomic E-state index is 0.302. The number of hydrogen-bond donors (Lipinski definition) is 1. The normalized spacial score (nSPS) is 16.0. The van der Waals surface area contributed by atoms with Crippen LogP contribution in [-0.4, -0.2) is 11.4 Å². The summed E-state index contributed by atoms with van der Waals surface area (Å²) in [4.78, 5) is 2.50. The number of aryl methyl sites for hydroxylation is 3. The van der Waals surface area contributed by atoms with Crippen molar-refractivity contribution in [2.24, 2.45) is 5.73 Å². The Hall–Kier alpha value is -1.64. The predicted octanol–water partition coefficient (Wildman–Crippen LogP) is 3.63. The largest absolute Gasteiger partial charge is 0.329 e. The molecular weight excluding hydrogens is 256 g/mol. The van der Waals surface area contributed by atoms with Crippen LogP contribution in [0.5, 0.6) is 0 Å². The van der Waals surface area contributed by atoms with Gasteiger partial charge in [0, 0.05) is 25.7 Å². The molecule has 110 valence electrons. The molecule has 2 aromatic carbocycles. The highest BCUT2D eigenvalue weighted by molar-refractivity contribution is 5.39. The van der Waals surface area contributed by atoms with Crippen LogP contribution in [0, 0.1) is 20.8 Å². The highest BCUT2D eigenvalue weighted by Crippen LogP contribution is 2.33. The van der Waals surface area contributed by atoms with Crippen LogP contribution in [0.25, 0.3) is 0 Å². The van der Waals surface area contributed by atoms with Gasteiger partial charge in [0.15, 0.2) is 0 Å². The second-order valence-electron chi connectivity index (χ2n) is 6.22. The maximum atomic E-state index is 6.13. The van der Waals surface area contributed by atoms with E-state index in [2.05, 4.69) is 62.1 Å². The van der Waals surface area contributed by atoms with E-state index in [1.807, 2.05) is 0 Å². The van der Waals surface area contributed by atoms with E-state index < -0.39 is 0 Å². The summed E-state index contributed by atoms with van der Waals surface area (Å²) in [5.41, 5.74) is 14.5. The molecule has 0 saturated heterocycles. The van der Waals surface area contributed by atoms with Crippen molar-refractivity contribution in [1.29, 1.82) is 0 Å². The highest BCUT2D eigenvalue weighted by atomic mass is 15.2. The third kappa shape index (κ3) is 2.61. The van der Waals surface area contributed by atoms with Crippen molar-refractivity contribution in [3.63, 3.8) is 0 Å². The lowest BCUT2D eigenvalue weighted by molar-refractivity contribution is 0.204. The lowest BCUT2D eigenvalue weighted by Crippen LogP contribution is -2.30. The van der Waals surface area contributed by atoms with Gasteiger partial charge in [0.2, 0.25) is 0 Å². The van der Waals surface area contributed by atoms with Crippen molar-refractivity contribution in [3.8, 4) is 0 Å². The van der Waals surface area contributed by atoms with E-state index >= 15 is 0 Å². The van der Waals surface area contributed by atoms with Gasteiger partial charge in [-0.1, -0.05) is 36.4 Å². The zero-order valence-corrected chi connectivity index (χ0v) is 13.2. The van der Waals surface area contributed by atoms with Crippen LogP contribution in [0.15, 0.2) is 36.4 Å². The summed E-state index contributed by atoms with van der Waals surface area (Å²) in [5, 5.41) is 0. The summed E-state index contributed by atoms with van der Waals surface area (Å²) in [6.45, 7) is 9.24. The number of hydrogen-bond acceptors (Lipinski definition) is 2. The first-order valence-electron chi connectivity index (χ1n) is 7.68. The van der Waals surface area contributed by atoms with Crippen LogP contribution in [0.2, 0.25) is 0 Å². The second-order valence-corrected chi connectivity index (χ2v) is 6.22. The molecular formula is C19H24N2. The third-order valence-electron chi connectivity index (χ3n) is 4.77. The van der Waals surface area contributed by atoms with Gasteiger partial charge in [0.1, 0.15) is 0 Å². The molecule has 1 heterocycles. The Bertz CT molecular complexity index is 636. The molecule has 2 heteroatoms. The molecule has 2 aromatic rings. The molecule has 1 atom stereocenters. The second kappa shape index (κ2) is 5.63. The number of rotatable bonds is 3. The van der Waals surface area contributed by atoms with E-state index in [1.54, 1.807) is 0 Å². The average molecular weight is 280 g/mol. The standard InChI is InChI=1S/C19H24N2/c1-13-8-15(3)18(9-14(13)2)19(10-20)21-11-16-6-4-5-7-17(16)12-21/h4-9,19H,10-12,20H2,1-3H3. The number of benzene rings is 2. The smallest absolute Gasteiger partial charge is 0.0480 e. The van der Waals surface area contributed by atoms with Crippen LogP contribution in [0.3, 0.4) is 0 Å². The number of fused-ring (bicyclic) bond motifs is 1. The molecule has 0 radical (unpaired) electrons. The highest BCUT2D eigenvalue weighted by Gasteiger charge is 2.26. The number of nitrogens with two attached hydrogens (primary N) is 1. The molecule has 0 amide bonds. The van der Waals surface area contributed by atoms with E-state index in [0.717, 1.165) is 13.1 Å². The first-order chi connectivity index (χ1) is 10.1. The molecule has 0 saturated carbocycles. The quantitative estimate of drug-likeness (QED) is 0.930. The van der Waals surface area contributed by atoms with Crippen molar-refractivity contribution in [1.82, 2.24) is 4.90 Å². The van der Waals surface area contributed by atoms with E-state index in [-0.39, 0.29) is 0 Å². The lowest BCUT2D eigenvalue weighted by atomic mass is 9.95. The Kier molecular flexibility index (Phi) is 3.83. The van der Waals surface area contributed by atoms with Gasteiger partial charge in [0.25, 0.3) is 0 Å². The molecule has 2 N–H and O–H groups in total. The monoisotopic (exact) mass is 280 g/mol. The topological polar surface area (TPSA) is 29.3 Å². The van der Waals surface area contributed by atoms with Gasteiger partial charge in [-0.05, 0) is 54.2 Å². The SMILES string of the molecule is Cc1cc(C)c(C(CN)N2Cc3ccccc3C2)cc1C. The molecule has 3 rings (SSSR count). The summed E-state index contributed by atoms with van der Waals surface area (Å²) in [7, 11) is 0. The van der Waals surface area contributed by atoms with Gasteiger partial charge >= 0.3 is 0 Å². The zero-order valence-electron chi connectivity index (χ0n) is 13.2. The van der Waals surface area contributed by atoms with Crippen LogP contribution in [0.4, 0.5) is 0 Å². The van der Waals surface area contributed by atoms with E-state index in [1.165, 1.54) is 33.4 Å². The fourth-order valence-electron chi connectivity index (χ4n) is 3.39. The Morgan fingerprint density at radius 1 is 0.952 bits per heavy atom. The minimum Gasteiger partial charge on any atom is -0.329 e. The number of nitrogens with zero attached hydrogens (tertiary/aromatic N) is 1. The van der Waals surface area contributed by atoms with Gasteiger partial charge in [0.05, 0.1) is 0 Å². The van der Waals surface area contributed by atoms with Crippen molar-refractivity contribution >= 4 is 0 Å². The Morgan fingerprint density at radius 3 is 2.10 bits per heavy atom. The first kappa shape index (κ1) is 14.3. The van der Waals surface area contributed by atoms with E-state index in [4.69, 9.17) is 5.73 Å². The van der Waals surface area contributed by atoms with Crippen LogP contribution >= 0.6 is 0 Å². The zero-order chi connectivity index (χ0) is 15.0. The molecule has 0 fully saturated rings. The van der Waals surface area contributed by atoms with Crippen LogP contribution in [0.1, 0.15) is 39.4 Å². The molecule has 0 spiro atoms. The van der Waals surface area contributed by atoms with Crippen molar-refractivity contribution in [2.75, 3.05) is 6.54 Å². The van der Waals surface area contributed by atoms with Crippen LogP contribution in [-0.2, 0) is 13.1 Å². The molecule has 21 heavy (non-hydrogen) atoms. The van der Waals surface area contributed by atoms with Gasteiger partial charge < -0.3 is 5.73 Å². The summed E-state index contributed by atoms with van der Waals surface area (Å²) in [5.74, 6) is 0. The van der Waals surface area contributed by atoms with E-state index in [0.29, 0.717) is 12.6 Å². The minimum absolute atomic E-state index is 0.302. The summed E-state index contributed by atoms with van der Waals surface area (Å²) >= 11 is 0. The maximum absolute atomic E-state index is 6.13. The average Bonchev–Trinajstić information content (AvgIpc) is 2.88. The Balaban J connectivity index is 1.92. The van der Waals surface area contributed by atoms with Crippen molar-refractivity contribution in [2.45, 2.75) is 39.9 Å². The fourth-order valence-corrected chi connectivity index (χ4v) is 3.39. The van der Waals surface area contributed by atoms with Gasteiger partial charge in [-0.25, -0.2) is 0 Å². The molecule has 1 unspecified atom stereocenters.